The summed E-state index contributed by atoms with van der Waals surface area (Å²) in [5.41, 5.74) is 0. The highest BCUT2D eigenvalue weighted by Crippen LogP contribution is 2.38. The van der Waals surface area contributed by atoms with E-state index >= 15 is 0 Å². The predicted molar refractivity (Wildman–Crippen MR) is 61.4 cm³/mol. The van der Waals surface area contributed by atoms with Crippen LogP contribution < -0.4 is 5.32 Å². The molecule has 2 unspecified atom stereocenters. The third-order valence-corrected chi connectivity index (χ3v) is 3.59. The van der Waals surface area contributed by atoms with E-state index in [1.807, 2.05) is 6.07 Å². The fraction of sp³-hybridized carbons (Fsp3) is 0.667. The van der Waals surface area contributed by atoms with Gasteiger partial charge in [0.25, 0.3) is 0 Å². The third kappa shape index (κ3) is 2.26. The summed E-state index contributed by atoms with van der Waals surface area (Å²) in [5.74, 6) is 1.69. The first-order valence-electron chi connectivity index (χ1n) is 5.92. The van der Waals surface area contributed by atoms with Crippen molar-refractivity contribution in [2.24, 2.45) is 5.92 Å². The van der Waals surface area contributed by atoms with Gasteiger partial charge in [0.1, 0.15) is 5.76 Å². The summed E-state index contributed by atoms with van der Waals surface area (Å²) in [5, 5.41) is 3.96. The highest BCUT2D eigenvalue weighted by Gasteiger charge is 2.40. The van der Waals surface area contributed by atoms with E-state index < -0.39 is 0 Å². The van der Waals surface area contributed by atoms with Crippen LogP contribution in [-0.4, -0.2) is 18.8 Å². The first-order valence-corrected chi connectivity index (χ1v) is 6.30. The summed E-state index contributed by atoms with van der Waals surface area (Å²) >= 11 is 5.73. The lowest BCUT2D eigenvalue weighted by molar-refractivity contribution is 0.0805. The normalized spacial score (nSPS) is 29.8. The van der Waals surface area contributed by atoms with Gasteiger partial charge in [0.05, 0.1) is 12.6 Å². The molecule has 3 nitrogen and oxygen atoms in total. The molecule has 0 aromatic carbocycles. The molecule has 88 valence electrons. The van der Waals surface area contributed by atoms with Crippen LogP contribution in [0.1, 0.15) is 25.0 Å². The van der Waals surface area contributed by atoms with E-state index in [9.17, 15) is 0 Å². The quantitative estimate of drug-likeness (QED) is 0.880. The summed E-state index contributed by atoms with van der Waals surface area (Å²) in [6.45, 7) is 1.63. The van der Waals surface area contributed by atoms with E-state index in [4.69, 9.17) is 20.8 Å². The molecular weight excluding hydrogens is 226 g/mol. The first-order chi connectivity index (χ1) is 7.83. The van der Waals surface area contributed by atoms with Crippen LogP contribution in [0.4, 0.5) is 0 Å². The molecule has 4 heteroatoms. The van der Waals surface area contributed by atoms with Crippen molar-refractivity contribution >= 4 is 11.6 Å². The van der Waals surface area contributed by atoms with Crippen LogP contribution in [0.5, 0.6) is 0 Å². The van der Waals surface area contributed by atoms with Gasteiger partial charge in [-0.15, -0.1) is 0 Å². The van der Waals surface area contributed by atoms with Crippen LogP contribution in [-0.2, 0) is 11.3 Å². The molecule has 1 saturated carbocycles. The van der Waals surface area contributed by atoms with Gasteiger partial charge in [-0.1, -0.05) is 0 Å². The standard InChI is InChI=1S/C12H16ClNO2/c13-11-4-3-9(16-11)7-14-10-5-6-15-12(10)8-1-2-8/h3-4,8,10,12,14H,1-2,5-7H2. The lowest BCUT2D eigenvalue weighted by Crippen LogP contribution is -2.37. The average Bonchev–Trinajstić information content (AvgIpc) is 2.86. The van der Waals surface area contributed by atoms with Crippen molar-refractivity contribution in [1.82, 2.24) is 5.32 Å². The molecule has 0 spiro atoms. The van der Waals surface area contributed by atoms with Crippen LogP contribution >= 0.6 is 11.6 Å². The minimum atomic E-state index is 0.422. The molecule has 1 N–H and O–H groups in total. The molecule has 3 rings (SSSR count). The average molecular weight is 242 g/mol. The smallest absolute Gasteiger partial charge is 0.193 e. The lowest BCUT2D eigenvalue weighted by Gasteiger charge is -2.18. The van der Waals surface area contributed by atoms with E-state index in [2.05, 4.69) is 5.32 Å². The third-order valence-electron chi connectivity index (χ3n) is 3.39. The van der Waals surface area contributed by atoms with Crippen LogP contribution in [0.25, 0.3) is 0 Å². The Bertz CT molecular complexity index is 362. The molecule has 1 aliphatic carbocycles. The van der Waals surface area contributed by atoms with Gasteiger partial charge in [-0.05, 0) is 48.9 Å². The lowest BCUT2D eigenvalue weighted by atomic mass is 10.1. The van der Waals surface area contributed by atoms with Gasteiger partial charge in [0.15, 0.2) is 5.22 Å². The zero-order valence-electron chi connectivity index (χ0n) is 9.12. The number of hydrogen-bond donors (Lipinski definition) is 1. The van der Waals surface area contributed by atoms with Crippen LogP contribution in [0, 0.1) is 5.92 Å². The first kappa shape index (κ1) is 10.6. The Balaban J connectivity index is 1.54. The van der Waals surface area contributed by atoms with Gasteiger partial charge in [-0.3, -0.25) is 0 Å². The maximum absolute atomic E-state index is 5.76. The number of rotatable bonds is 4. The van der Waals surface area contributed by atoms with Gasteiger partial charge in [-0.25, -0.2) is 0 Å². The van der Waals surface area contributed by atoms with Crippen molar-refractivity contribution in [3.05, 3.63) is 23.1 Å². The fourth-order valence-electron chi connectivity index (χ4n) is 2.40. The highest BCUT2D eigenvalue weighted by atomic mass is 35.5. The predicted octanol–water partition coefficient (Wildman–Crippen LogP) is 2.59. The fourth-order valence-corrected chi connectivity index (χ4v) is 2.56. The second-order valence-corrected chi connectivity index (χ2v) is 5.03. The topological polar surface area (TPSA) is 34.4 Å². The minimum absolute atomic E-state index is 0.422. The number of hydrogen-bond acceptors (Lipinski definition) is 3. The zero-order chi connectivity index (χ0) is 11.0. The van der Waals surface area contributed by atoms with Gasteiger partial charge < -0.3 is 14.5 Å². The van der Waals surface area contributed by atoms with Crippen molar-refractivity contribution in [3.63, 3.8) is 0 Å². The second-order valence-electron chi connectivity index (χ2n) is 4.65. The molecule has 2 aliphatic rings. The van der Waals surface area contributed by atoms with E-state index in [0.29, 0.717) is 17.4 Å². The van der Waals surface area contributed by atoms with Crippen molar-refractivity contribution in [2.45, 2.75) is 38.0 Å². The minimum Gasteiger partial charge on any atom is -0.448 e. The van der Waals surface area contributed by atoms with Crippen LogP contribution in [0.15, 0.2) is 16.5 Å². The molecule has 1 saturated heterocycles. The Morgan fingerprint density at radius 2 is 2.19 bits per heavy atom. The summed E-state index contributed by atoms with van der Waals surface area (Å²) in [6.07, 6.45) is 4.19. The largest absolute Gasteiger partial charge is 0.448 e. The summed E-state index contributed by atoms with van der Waals surface area (Å²) in [4.78, 5) is 0. The van der Waals surface area contributed by atoms with Gasteiger partial charge in [0, 0.05) is 12.6 Å². The number of nitrogens with one attached hydrogen (secondary N) is 1. The molecular formula is C12H16ClNO2. The van der Waals surface area contributed by atoms with Crippen molar-refractivity contribution in [2.75, 3.05) is 6.61 Å². The summed E-state index contributed by atoms with van der Waals surface area (Å²) < 4.78 is 11.1. The molecule has 0 amide bonds. The zero-order valence-corrected chi connectivity index (χ0v) is 9.87. The number of furan rings is 1. The Morgan fingerprint density at radius 1 is 1.31 bits per heavy atom. The van der Waals surface area contributed by atoms with Crippen LogP contribution in [0.3, 0.4) is 0 Å². The molecule has 1 aliphatic heterocycles. The molecule has 2 atom stereocenters. The molecule has 16 heavy (non-hydrogen) atoms. The maximum Gasteiger partial charge on any atom is 0.193 e. The van der Waals surface area contributed by atoms with Crippen LogP contribution in [0.2, 0.25) is 5.22 Å². The number of ether oxygens (including phenoxy) is 1. The highest BCUT2D eigenvalue weighted by molar-refractivity contribution is 6.28. The SMILES string of the molecule is Clc1ccc(CNC2CCOC2C2CC2)o1. The molecule has 0 radical (unpaired) electrons. The molecule has 2 fully saturated rings. The van der Waals surface area contributed by atoms with E-state index in [1.165, 1.54) is 12.8 Å². The second kappa shape index (κ2) is 4.40. The Hall–Kier alpha value is -0.510. The summed E-state index contributed by atoms with van der Waals surface area (Å²) in [7, 11) is 0. The van der Waals surface area contributed by atoms with Gasteiger partial charge in [-0.2, -0.15) is 0 Å². The molecule has 0 bridgehead atoms. The monoisotopic (exact) mass is 241 g/mol. The van der Waals surface area contributed by atoms with E-state index in [-0.39, 0.29) is 0 Å². The Morgan fingerprint density at radius 3 is 2.88 bits per heavy atom. The van der Waals surface area contributed by atoms with E-state index in [0.717, 1.165) is 31.3 Å². The number of halogens is 1. The molecule has 1 aromatic rings. The van der Waals surface area contributed by atoms with Crippen molar-refractivity contribution < 1.29 is 9.15 Å². The maximum atomic E-state index is 5.76. The molecule has 2 heterocycles. The Labute approximate surface area is 100 Å². The molecule has 1 aromatic heterocycles. The van der Waals surface area contributed by atoms with Crippen molar-refractivity contribution in [1.29, 1.82) is 0 Å². The van der Waals surface area contributed by atoms with Gasteiger partial charge >= 0.3 is 0 Å². The summed E-state index contributed by atoms with van der Waals surface area (Å²) in [6, 6.07) is 4.18. The Kier molecular flexibility index (Phi) is 2.92. The van der Waals surface area contributed by atoms with E-state index in [1.54, 1.807) is 6.07 Å². The van der Waals surface area contributed by atoms with Gasteiger partial charge in [0.2, 0.25) is 0 Å². The van der Waals surface area contributed by atoms with Crippen molar-refractivity contribution in [3.8, 4) is 0 Å².